The molecule has 0 aromatic heterocycles. The molecule has 0 atom stereocenters. The Morgan fingerprint density at radius 2 is 0.862 bits per heavy atom. The van der Waals surface area contributed by atoms with Crippen molar-refractivity contribution < 1.29 is 38.1 Å². The van der Waals surface area contributed by atoms with Crippen LogP contribution in [0.25, 0.3) is 0 Å². The molecule has 16 nitrogen and oxygen atoms in total. The van der Waals surface area contributed by atoms with Gasteiger partial charge in [0, 0.05) is 53.4 Å². The van der Waals surface area contributed by atoms with E-state index in [0.29, 0.717) is 39.5 Å². The molecule has 0 aromatic carbocycles. The molecule has 0 bridgehead atoms. The van der Waals surface area contributed by atoms with E-state index < -0.39 is 27.8 Å². The third kappa shape index (κ3) is 15.0. The van der Waals surface area contributed by atoms with Gasteiger partial charge < -0.3 is 39.0 Å². The van der Waals surface area contributed by atoms with Crippen LogP contribution in [-0.4, -0.2) is 167 Å². The molecule has 18 heteroatoms. The quantitative estimate of drug-likeness (QED) is 0.175. The third-order valence-corrected chi connectivity index (χ3v) is 11.2. The van der Waals surface area contributed by atoms with Crippen LogP contribution in [0.4, 0.5) is 0 Å². The van der Waals surface area contributed by atoms with Crippen LogP contribution < -0.4 is 21.3 Å². The van der Waals surface area contributed by atoms with Crippen LogP contribution in [0.5, 0.6) is 0 Å². The second-order valence-electron chi connectivity index (χ2n) is 18.8. The number of hydrogen-bond acceptors (Lipinski definition) is 12. The summed E-state index contributed by atoms with van der Waals surface area (Å²) in [6.07, 6.45) is 0. The Kier molecular flexibility index (Phi) is 21.3. The van der Waals surface area contributed by atoms with Gasteiger partial charge in [-0.05, 0) is 123 Å². The molecule has 0 aromatic rings. The Balaban J connectivity index is 0.000000723. The minimum atomic E-state index is -0.654. The molecule has 0 aliphatic carbocycles. The van der Waals surface area contributed by atoms with E-state index in [4.69, 9.17) is 26.0 Å². The van der Waals surface area contributed by atoms with Crippen molar-refractivity contribution in [3.8, 4) is 0 Å². The highest BCUT2D eigenvalue weighted by atomic mass is 79.9. The van der Waals surface area contributed by atoms with Gasteiger partial charge in [0.25, 0.3) is 0 Å². The maximum atomic E-state index is 12.1. The van der Waals surface area contributed by atoms with Gasteiger partial charge in [0.05, 0.1) is 60.0 Å². The van der Waals surface area contributed by atoms with E-state index in [0.717, 1.165) is 11.9 Å². The molecule has 4 N–H and O–H groups in total. The van der Waals surface area contributed by atoms with Crippen LogP contribution in [0.2, 0.25) is 0 Å². The number of amides is 4. The summed E-state index contributed by atoms with van der Waals surface area (Å²) in [6, 6.07) is 0. The number of rotatable bonds is 11. The number of hydrogen-bond donors (Lipinski definition) is 4. The van der Waals surface area contributed by atoms with Crippen LogP contribution in [0.3, 0.4) is 0 Å². The summed E-state index contributed by atoms with van der Waals surface area (Å²) in [4.78, 5) is 52.6. The normalized spacial score (nSPS) is 23.8. The van der Waals surface area contributed by atoms with E-state index in [1.54, 1.807) is 37.8 Å². The van der Waals surface area contributed by atoms with E-state index in [-0.39, 0.29) is 40.6 Å². The largest absolute Gasteiger partial charge is 0.384 e. The van der Waals surface area contributed by atoms with Crippen LogP contribution in [0, 0.1) is 0 Å². The lowest BCUT2D eigenvalue weighted by Crippen LogP contribution is -2.49. The van der Waals surface area contributed by atoms with Crippen molar-refractivity contribution in [2.24, 2.45) is 0 Å². The van der Waals surface area contributed by atoms with Crippen LogP contribution in [0.1, 0.15) is 111 Å². The number of nitrogens with zero attached hydrogens (tertiary/aromatic N) is 4. The smallest absolute Gasteiger partial charge is 0.245 e. The van der Waals surface area contributed by atoms with E-state index >= 15 is 0 Å². The monoisotopic (exact) mass is 914 g/mol. The highest BCUT2D eigenvalue weighted by Gasteiger charge is 2.56. The average Bonchev–Trinajstić information content (AvgIpc) is 3.49. The van der Waals surface area contributed by atoms with Crippen LogP contribution in [-0.2, 0) is 38.1 Å². The zero-order chi connectivity index (χ0) is 45.9. The lowest BCUT2D eigenvalue weighted by molar-refractivity contribution is -0.135. The molecule has 58 heavy (non-hydrogen) atoms. The number of carbonyl (C=O) groups is 4. The summed E-state index contributed by atoms with van der Waals surface area (Å²) in [5, 5.41) is 13.5. The van der Waals surface area contributed by atoms with Crippen molar-refractivity contribution in [3.63, 3.8) is 0 Å². The van der Waals surface area contributed by atoms with Gasteiger partial charge in [0.1, 0.15) is 11.2 Å². The van der Waals surface area contributed by atoms with Crippen molar-refractivity contribution in [1.82, 2.24) is 40.4 Å². The predicted molar refractivity (Wildman–Crippen MR) is 234 cm³/mol. The minimum Gasteiger partial charge on any atom is -0.384 e. The number of nitrogens with one attached hydrogen (secondary N) is 4. The van der Waals surface area contributed by atoms with Crippen LogP contribution in [0.15, 0.2) is 0 Å². The first-order chi connectivity index (χ1) is 26.1. The topological polar surface area (TPSA) is 166 Å². The zero-order valence-electron chi connectivity index (χ0n) is 39.5. The molecule has 0 saturated carbocycles. The Hall–Kier alpha value is -1.67. The molecule has 4 amide bonds. The molecule has 0 spiro atoms. The molecule has 4 rings (SSSR count). The molecule has 4 heterocycles. The molecular formula is C40H80BrClN8O8. The number of methoxy groups -OCH3 is 4. The fourth-order valence-electron chi connectivity index (χ4n) is 7.48. The summed E-state index contributed by atoms with van der Waals surface area (Å²) in [7, 11) is 6.59. The van der Waals surface area contributed by atoms with Crippen LogP contribution >= 0.6 is 27.7 Å². The Morgan fingerprint density at radius 3 is 1.03 bits per heavy atom. The maximum absolute atomic E-state index is 12.1. The predicted octanol–water partition coefficient (Wildman–Crippen LogP) is 3.85. The highest BCUT2D eigenvalue weighted by Crippen LogP contribution is 2.39. The molecule has 4 aliphatic rings. The second kappa shape index (κ2) is 21.9. The van der Waals surface area contributed by atoms with Crippen molar-refractivity contribution in [3.05, 3.63) is 0 Å². The van der Waals surface area contributed by atoms with E-state index in [1.807, 2.05) is 121 Å². The summed E-state index contributed by atoms with van der Waals surface area (Å²) in [5.41, 5.74) is -3.27. The third-order valence-electron chi connectivity index (χ3n) is 10.0. The minimum absolute atomic E-state index is 0.0413. The molecule has 342 valence electrons. The van der Waals surface area contributed by atoms with E-state index in [9.17, 15) is 19.2 Å². The van der Waals surface area contributed by atoms with Gasteiger partial charge in [0.15, 0.2) is 0 Å². The van der Waals surface area contributed by atoms with Crippen molar-refractivity contribution in [1.29, 1.82) is 0 Å². The van der Waals surface area contributed by atoms with E-state index in [2.05, 4.69) is 41.9 Å². The van der Waals surface area contributed by atoms with Gasteiger partial charge in [-0.1, -0.05) is 15.9 Å². The molecule has 4 saturated heterocycles. The molecule has 4 aliphatic heterocycles. The highest BCUT2D eigenvalue weighted by molar-refractivity contribution is 9.09. The van der Waals surface area contributed by atoms with Crippen molar-refractivity contribution >= 4 is 51.3 Å². The second-order valence-corrected chi connectivity index (χ2v) is 19.9. The molecular weight excluding hydrogens is 836 g/mol. The summed E-state index contributed by atoms with van der Waals surface area (Å²) in [6.45, 7) is 35.1. The Morgan fingerprint density at radius 1 is 0.517 bits per heavy atom. The fraction of sp³-hybridized carbons (Fsp3) is 0.900. The molecule has 0 radical (unpaired) electrons. The molecule has 4 fully saturated rings. The van der Waals surface area contributed by atoms with Gasteiger partial charge >= 0.3 is 0 Å². The first-order valence-electron chi connectivity index (χ1n) is 19.8. The number of alkyl halides is 1. The maximum Gasteiger partial charge on any atom is 0.245 e. The van der Waals surface area contributed by atoms with Gasteiger partial charge in [-0.15, -0.1) is 0 Å². The van der Waals surface area contributed by atoms with Gasteiger partial charge in [-0.25, -0.2) is 0 Å². The summed E-state index contributed by atoms with van der Waals surface area (Å²) >= 11 is 9.38. The lowest BCUT2D eigenvalue weighted by Gasteiger charge is -2.35. The first kappa shape index (κ1) is 56.3. The summed E-state index contributed by atoms with van der Waals surface area (Å²) < 4.78 is 21.2. The number of carbonyl (C=O) groups excluding carboxylic acids is 4. The standard InChI is InChI=1S/C10H19ClN2O2.2C10H20N2O2.C7H14N2O.C3H7BrO/c1-9(2)8(14)12(6-7-15-5)10(3,4)13(9)11;2*1-9(2)8(13)12(6-7-14-5)10(3,4)11-9;1-6(2)5(10)8-7(3,4)9-6;1-5-3-2-4/h6-7H2,1-5H3;2*11H,6-7H2,1-5H3;9H,1-4H3,(H,8,10);2-3H2,1H3. The van der Waals surface area contributed by atoms with Crippen molar-refractivity contribution in [2.45, 2.75) is 156 Å². The first-order valence-corrected chi connectivity index (χ1v) is 21.2. The van der Waals surface area contributed by atoms with Crippen molar-refractivity contribution in [2.75, 3.05) is 79.8 Å². The number of halogens is 2. The van der Waals surface area contributed by atoms with Gasteiger partial charge in [-0.2, -0.15) is 4.42 Å². The van der Waals surface area contributed by atoms with Gasteiger partial charge in [0.2, 0.25) is 23.6 Å². The van der Waals surface area contributed by atoms with E-state index in [1.165, 1.54) is 0 Å². The fourth-order valence-corrected chi connectivity index (χ4v) is 7.97. The Bertz CT molecular complexity index is 1310. The lowest BCUT2D eigenvalue weighted by atomic mass is 10.1. The average molecular weight is 916 g/mol. The SMILES string of the molecule is CC1(C)NC(=O)C(C)(C)N1.COCCBr.COCCN1C(=O)C(C)(C)N(Cl)C1(C)C.COCCN1C(=O)C(C)(C)NC1(C)C.COCCN1C(=O)C(C)(C)NC1(C)C. The molecule has 0 unspecified atom stereocenters. The van der Waals surface area contributed by atoms with Gasteiger partial charge in [-0.3, -0.25) is 35.1 Å². The number of ether oxygens (including phenoxy) is 4. The summed E-state index contributed by atoms with van der Waals surface area (Å²) in [5.74, 6) is 0.385. The zero-order valence-corrected chi connectivity index (χ0v) is 41.8. The Labute approximate surface area is 364 Å².